The summed E-state index contributed by atoms with van der Waals surface area (Å²) in [5.74, 6) is 1.39. The maximum absolute atomic E-state index is 12.7. The van der Waals surface area contributed by atoms with Crippen LogP contribution in [0.15, 0.2) is 48.5 Å². The Balaban J connectivity index is 1.37. The number of rotatable bonds is 9. The Kier molecular flexibility index (Phi) is 9.10. The van der Waals surface area contributed by atoms with E-state index in [1.165, 1.54) is 4.31 Å². The quantitative estimate of drug-likeness (QED) is 0.511. The van der Waals surface area contributed by atoms with E-state index in [1.807, 2.05) is 24.3 Å². The lowest BCUT2D eigenvalue weighted by molar-refractivity contribution is -0.125. The number of hydrogen-bond acceptors (Lipinski definition) is 4. The van der Waals surface area contributed by atoms with E-state index in [9.17, 15) is 13.2 Å². The van der Waals surface area contributed by atoms with Gasteiger partial charge >= 0.3 is 0 Å². The molecule has 2 aromatic rings. The molecule has 3 rings (SSSR count). The van der Waals surface area contributed by atoms with Gasteiger partial charge in [0.2, 0.25) is 15.9 Å². The van der Waals surface area contributed by atoms with E-state index in [-0.39, 0.29) is 17.6 Å². The van der Waals surface area contributed by atoms with E-state index >= 15 is 0 Å². The van der Waals surface area contributed by atoms with Gasteiger partial charge in [0.15, 0.2) is 0 Å². The number of benzene rings is 2. The Morgan fingerprint density at radius 3 is 2.55 bits per heavy atom. The summed E-state index contributed by atoms with van der Waals surface area (Å²) in [5, 5.41) is 4.16. The van der Waals surface area contributed by atoms with Crippen LogP contribution < -0.4 is 5.32 Å². The number of amides is 1. The van der Waals surface area contributed by atoms with E-state index in [0.29, 0.717) is 43.1 Å². The first-order valence-corrected chi connectivity index (χ1v) is 13.7. The van der Waals surface area contributed by atoms with Gasteiger partial charge in [-0.15, -0.1) is 0 Å². The number of nitrogens with zero attached hydrogens (tertiary/aromatic N) is 1. The van der Waals surface area contributed by atoms with Crippen molar-refractivity contribution in [3.63, 3.8) is 0 Å². The highest BCUT2D eigenvalue weighted by atomic mass is 35.5. The molecule has 1 aliphatic rings. The van der Waals surface area contributed by atoms with Crippen LogP contribution in [0.1, 0.15) is 24.0 Å². The number of sulfonamides is 1. The van der Waals surface area contributed by atoms with Gasteiger partial charge in [-0.1, -0.05) is 53.5 Å². The molecule has 1 fully saturated rings. The summed E-state index contributed by atoms with van der Waals surface area (Å²) in [6, 6.07) is 14.7. The molecular formula is C22H26Cl2N2O3S2. The molecule has 9 heteroatoms. The molecule has 31 heavy (non-hydrogen) atoms. The number of carbonyl (C=O) groups is 1. The van der Waals surface area contributed by atoms with Gasteiger partial charge in [0.25, 0.3) is 0 Å². The number of thioether (sulfide) groups is 1. The molecule has 2 aromatic carbocycles. The molecule has 0 atom stereocenters. The predicted molar refractivity (Wildman–Crippen MR) is 129 cm³/mol. The van der Waals surface area contributed by atoms with Crippen LogP contribution in [0.3, 0.4) is 0 Å². The summed E-state index contributed by atoms with van der Waals surface area (Å²) in [7, 11) is -3.46. The minimum Gasteiger partial charge on any atom is -0.355 e. The molecule has 168 valence electrons. The molecule has 0 radical (unpaired) electrons. The Hall–Kier alpha value is -1.25. The molecule has 0 bridgehead atoms. The number of carbonyl (C=O) groups excluding carboxylic acids is 1. The van der Waals surface area contributed by atoms with Crippen molar-refractivity contribution in [2.75, 3.05) is 25.4 Å². The molecule has 1 N–H and O–H groups in total. The number of halogens is 2. The SMILES string of the molecule is O=C(NCCSCc1cccc(Cl)c1)C1CCN(S(=O)(=O)Cc2ccccc2Cl)CC1. The second-order valence-electron chi connectivity index (χ2n) is 7.49. The van der Waals surface area contributed by atoms with Crippen LogP contribution in [0.2, 0.25) is 10.0 Å². The van der Waals surface area contributed by atoms with Crippen molar-refractivity contribution in [1.82, 2.24) is 9.62 Å². The topological polar surface area (TPSA) is 66.5 Å². The lowest BCUT2D eigenvalue weighted by Gasteiger charge is -2.30. The zero-order valence-electron chi connectivity index (χ0n) is 17.1. The molecule has 5 nitrogen and oxygen atoms in total. The van der Waals surface area contributed by atoms with Gasteiger partial charge in [0.1, 0.15) is 0 Å². The molecule has 0 unspecified atom stereocenters. The number of hydrogen-bond donors (Lipinski definition) is 1. The van der Waals surface area contributed by atoms with E-state index in [4.69, 9.17) is 23.2 Å². The third kappa shape index (κ3) is 7.39. The fourth-order valence-corrected chi connectivity index (χ4v) is 6.40. The highest BCUT2D eigenvalue weighted by molar-refractivity contribution is 7.98. The van der Waals surface area contributed by atoms with Crippen LogP contribution in [-0.4, -0.2) is 44.0 Å². The van der Waals surface area contributed by atoms with Crippen LogP contribution >= 0.6 is 35.0 Å². The minimum atomic E-state index is -3.46. The van der Waals surface area contributed by atoms with Gasteiger partial charge in [-0.25, -0.2) is 12.7 Å². The zero-order valence-corrected chi connectivity index (χ0v) is 20.2. The van der Waals surface area contributed by atoms with Gasteiger partial charge in [0, 0.05) is 47.1 Å². The maximum Gasteiger partial charge on any atom is 0.223 e. The third-order valence-electron chi connectivity index (χ3n) is 5.22. The highest BCUT2D eigenvalue weighted by Crippen LogP contribution is 2.24. The summed E-state index contributed by atoms with van der Waals surface area (Å²) in [5.41, 5.74) is 1.76. The minimum absolute atomic E-state index is 0.00603. The van der Waals surface area contributed by atoms with Crippen LogP contribution in [-0.2, 0) is 26.3 Å². The second-order valence-corrected chi connectivity index (χ2v) is 11.4. The van der Waals surface area contributed by atoms with Crippen molar-refractivity contribution in [3.05, 3.63) is 69.7 Å². The number of piperidine rings is 1. The van der Waals surface area contributed by atoms with Crippen molar-refractivity contribution < 1.29 is 13.2 Å². The smallest absolute Gasteiger partial charge is 0.223 e. The van der Waals surface area contributed by atoms with Crippen molar-refractivity contribution >= 4 is 50.9 Å². The molecule has 0 aliphatic carbocycles. The van der Waals surface area contributed by atoms with E-state index in [1.54, 1.807) is 36.0 Å². The molecule has 0 spiro atoms. The van der Waals surface area contributed by atoms with E-state index in [2.05, 4.69) is 5.32 Å². The highest BCUT2D eigenvalue weighted by Gasteiger charge is 2.31. The standard InChI is InChI=1S/C22H26Cl2N2O3S2/c23-20-6-3-4-17(14-20)15-30-13-10-25-22(27)18-8-11-26(12-9-18)31(28,29)16-19-5-1-2-7-21(19)24/h1-7,14,18H,8-13,15-16H2,(H,25,27). The predicted octanol–water partition coefficient (Wildman–Crippen LogP) is 4.58. The normalized spacial score (nSPS) is 15.7. The molecule has 0 aromatic heterocycles. The van der Waals surface area contributed by atoms with E-state index in [0.717, 1.165) is 22.1 Å². The van der Waals surface area contributed by atoms with Crippen LogP contribution in [0, 0.1) is 5.92 Å². The first-order valence-electron chi connectivity index (χ1n) is 10.2. The zero-order chi connectivity index (χ0) is 22.3. The van der Waals surface area contributed by atoms with Crippen LogP contribution in [0.4, 0.5) is 0 Å². The largest absolute Gasteiger partial charge is 0.355 e. The van der Waals surface area contributed by atoms with Crippen molar-refractivity contribution in [2.45, 2.75) is 24.3 Å². The van der Waals surface area contributed by atoms with Crippen molar-refractivity contribution in [1.29, 1.82) is 0 Å². The number of nitrogens with one attached hydrogen (secondary N) is 1. The van der Waals surface area contributed by atoms with Gasteiger partial charge < -0.3 is 5.32 Å². The average molecular weight is 502 g/mol. The summed E-state index contributed by atoms with van der Waals surface area (Å²) < 4.78 is 26.9. The van der Waals surface area contributed by atoms with Gasteiger partial charge in [-0.2, -0.15) is 11.8 Å². The fraction of sp³-hybridized carbons (Fsp3) is 0.409. The molecule has 1 heterocycles. The van der Waals surface area contributed by atoms with Crippen molar-refractivity contribution in [2.24, 2.45) is 5.92 Å². The summed E-state index contributed by atoms with van der Waals surface area (Å²) in [6.45, 7) is 1.30. The monoisotopic (exact) mass is 500 g/mol. The summed E-state index contributed by atoms with van der Waals surface area (Å²) in [6.07, 6.45) is 1.06. The first kappa shape index (κ1) is 24.4. The first-order chi connectivity index (χ1) is 14.8. The maximum atomic E-state index is 12.7. The Labute approximate surface area is 198 Å². The second kappa shape index (κ2) is 11.6. The Bertz CT molecular complexity index is 994. The summed E-state index contributed by atoms with van der Waals surface area (Å²) in [4.78, 5) is 12.4. The molecule has 1 amide bonds. The molecular weight excluding hydrogens is 475 g/mol. The van der Waals surface area contributed by atoms with E-state index < -0.39 is 10.0 Å². The molecule has 1 aliphatic heterocycles. The average Bonchev–Trinajstić information content (AvgIpc) is 2.75. The van der Waals surface area contributed by atoms with Crippen LogP contribution in [0.25, 0.3) is 0 Å². The Morgan fingerprint density at radius 1 is 1.10 bits per heavy atom. The van der Waals surface area contributed by atoms with Crippen molar-refractivity contribution in [3.8, 4) is 0 Å². The fourth-order valence-electron chi connectivity index (χ4n) is 3.51. The van der Waals surface area contributed by atoms with Crippen LogP contribution in [0.5, 0.6) is 0 Å². The molecule has 1 saturated heterocycles. The summed E-state index contributed by atoms with van der Waals surface area (Å²) >= 11 is 13.8. The van der Waals surface area contributed by atoms with Gasteiger partial charge in [-0.05, 0) is 42.2 Å². The lowest BCUT2D eigenvalue weighted by atomic mass is 9.97. The Morgan fingerprint density at radius 2 is 1.84 bits per heavy atom. The van der Waals surface area contributed by atoms with Gasteiger partial charge in [0.05, 0.1) is 5.75 Å². The lowest BCUT2D eigenvalue weighted by Crippen LogP contribution is -2.43. The molecule has 0 saturated carbocycles. The third-order valence-corrected chi connectivity index (χ3v) is 8.68. The van der Waals surface area contributed by atoms with Gasteiger partial charge in [-0.3, -0.25) is 4.79 Å².